The van der Waals surface area contributed by atoms with Crippen molar-refractivity contribution in [3.63, 3.8) is 0 Å². The predicted octanol–water partition coefficient (Wildman–Crippen LogP) is 2.60. The van der Waals surface area contributed by atoms with Crippen molar-refractivity contribution in [1.29, 1.82) is 0 Å². The van der Waals surface area contributed by atoms with Crippen LogP contribution in [0.3, 0.4) is 0 Å². The van der Waals surface area contributed by atoms with E-state index < -0.39 is 5.97 Å². The fourth-order valence-electron chi connectivity index (χ4n) is 2.41. The Morgan fingerprint density at radius 2 is 2.00 bits per heavy atom. The topological polar surface area (TPSA) is 57.5 Å². The van der Waals surface area contributed by atoms with Crippen molar-refractivity contribution in [2.75, 3.05) is 20.3 Å². The molecular weight excluding hydrogens is 282 g/mol. The molecule has 5 nitrogen and oxygen atoms in total. The zero-order valence-corrected chi connectivity index (χ0v) is 13.0. The van der Waals surface area contributed by atoms with Gasteiger partial charge in [-0.3, -0.25) is 4.79 Å². The Bertz CT molecular complexity index is 705. The lowest BCUT2D eigenvalue weighted by Crippen LogP contribution is -2.21. The third-order valence-electron chi connectivity index (χ3n) is 3.48. The maximum absolute atomic E-state index is 12.4. The summed E-state index contributed by atoms with van der Waals surface area (Å²) in [5.74, 6) is -0.566. The van der Waals surface area contributed by atoms with E-state index >= 15 is 0 Å². The normalized spacial score (nSPS) is 10.8. The second-order valence-electron chi connectivity index (χ2n) is 5.00. The number of rotatable bonds is 7. The maximum atomic E-state index is 12.4. The number of ether oxygens (including phenoxy) is 2. The maximum Gasteiger partial charge on any atom is 0.343 e. The van der Waals surface area contributed by atoms with Crippen LogP contribution in [0.1, 0.15) is 30.1 Å². The average molecular weight is 303 g/mol. The molecule has 0 spiro atoms. The highest BCUT2D eigenvalue weighted by molar-refractivity contribution is 5.93. The third kappa shape index (κ3) is 3.54. The number of unbranched alkanes of at least 4 members (excludes halogenated alkanes) is 1. The van der Waals surface area contributed by atoms with Gasteiger partial charge >= 0.3 is 5.97 Å². The smallest absolute Gasteiger partial charge is 0.343 e. The van der Waals surface area contributed by atoms with E-state index in [-0.39, 0.29) is 17.6 Å². The number of para-hydroxylation sites is 1. The van der Waals surface area contributed by atoms with Crippen LogP contribution in [-0.4, -0.2) is 30.9 Å². The number of aryl methyl sites for hydroxylation is 1. The van der Waals surface area contributed by atoms with Gasteiger partial charge in [-0.15, -0.1) is 0 Å². The molecule has 1 heterocycles. The van der Waals surface area contributed by atoms with E-state index in [1.54, 1.807) is 32.4 Å². The van der Waals surface area contributed by atoms with E-state index in [4.69, 9.17) is 9.47 Å². The summed E-state index contributed by atoms with van der Waals surface area (Å²) in [5, 5.41) is 0.541. The highest BCUT2D eigenvalue weighted by atomic mass is 16.5. The highest BCUT2D eigenvalue weighted by Crippen LogP contribution is 2.13. The van der Waals surface area contributed by atoms with Crippen LogP contribution in [0.5, 0.6) is 0 Å². The molecule has 0 aliphatic rings. The van der Waals surface area contributed by atoms with Crippen LogP contribution < -0.4 is 5.43 Å². The van der Waals surface area contributed by atoms with E-state index in [2.05, 4.69) is 0 Å². The van der Waals surface area contributed by atoms with Crippen molar-refractivity contribution >= 4 is 16.9 Å². The monoisotopic (exact) mass is 303 g/mol. The number of fused-ring (bicyclic) bond motifs is 1. The first-order valence-corrected chi connectivity index (χ1v) is 7.47. The first-order valence-electron chi connectivity index (χ1n) is 7.47. The van der Waals surface area contributed by atoms with Crippen molar-refractivity contribution in [3.8, 4) is 0 Å². The lowest BCUT2D eigenvalue weighted by Gasteiger charge is -2.13. The number of benzene rings is 1. The molecule has 0 radical (unpaired) electrons. The molecule has 118 valence electrons. The number of hydrogen-bond acceptors (Lipinski definition) is 4. The summed E-state index contributed by atoms with van der Waals surface area (Å²) >= 11 is 0. The first kappa shape index (κ1) is 16.2. The number of nitrogens with zero attached hydrogens (tertiary/aromatic N) is 1. The fourth-order valence-corrected chi connectivity index (χ4v) is 2.41. The zero-order valence-electron chi connectivity index (χ0n) is 13.0. The minimum Gasteiger partial charge on any atom is -0.462 e. The molecule has 0 aliphatic heterocycles. The second-order valence-corrected chi connectivity index (χ2v) is 5.00. The van der Waals surface area contributed by atoms with E-state index in [0.717, 1.165) is 24.9 Å². The molecule has 22 heavy (non-hydrogen) atoms. The Balaban J connectivity index is 2.42. The Hall–Kier alpha value is -2.14. The molecule has 0 saturated heterocycles. The molecule has 0 atom stereocenters. The summed E-state index contributed by atoms with van der Waals surface area (Å²) in [5.41, 5.74) is 0.646. The number of pyridine rings is 1. The molecule has 0 unspecified atom stereocenters. The lowest BCUT2D eigenvalue weighted by atomic mass is 10.1. The van der Waals surface area contributed by atoms with Gasteiger partial charge in [0.05, 0.1) is 12.1 Å². The van der Waals surface area contributed by atoms with E-state index in [1.165, 1.54) is 0 Å². The van der Waals surface area contributed by atoms with Crippen LogP contribution >= 0.6 is 0 Å². The van der Waals surface area contributed by atoms with E-state index in [0.29, 0.717) is 12.0 Å². The molecule has 2 rings (SSSR count). The standard InChI is InChI=1S/C17H21NO4/c1-3-22-17(20)14-12-18(10-6-7-11-21-2)15-9-5-4-8-13(15)16(14)19/h4-5,8-9,12H,3,6-7,10-11H2,1-2H3. The van der Waals surface area contributed by atoms with Crippen molar-refractivity contribution in [1.82, 2.24) is 4.57 Å². The van der Waals surface area contributed by atoms with Crippen LogP contribution in [0.15, 0.2) is 35.3 Å². The van der Waals surface area contributed by atoms with Crippen LogP contribution in [0.4, 0.5) is 0 Å². The van der Waals surface area contributed by atoms with Gasteiger partial charge in [0.1, 0.15) is 5.56 Å². The van der Waals surface area contributed by atoms with Crippen LogP contribution in [0.2, 0.25) is 0 Å². The molecular formula is C17H21NO4. The average Bonchev–Trinajstić information content (AvgIpc) is 2.53. The van der Waals surface area contributed by atoms with E-state index in [9.17, 15) is 9.59 Å². The number of esters is 1. The molecule has 1 aromatic heterocycles. The predicted molar refractivity (Wildman–Crippen MR) is 85.3 cm³/mol. The highest BCUT2D eigenvalue weighted by Gasteiger charge is 2.15. The van der Waals surface area contributed by atoms with Crippen molar-refractivity contribution < 1.29 is 14.3 Å². The van der Waals surface area contributed by atoms with Gasteiger partial charge in [0, 0.05) is 31.8 Å². The fraction of sp³-hybridized carbons (Fsp3) is 0.412. The van der Waals surface area contributed by atoms with Crippen molar-refractivity contribution in [2.24, 2.45) is 0 Å². The van der Waals surface area contributed by atoms with Crippen LogP contribution in [-0.2, 0) is 16.0 Å². The summed E-state index contributed by atoms with van der Waals surface area (Å²) < 4.78 is 12.0. The number of carbonyl (C=O) groups excluding carboxylic acids is 1. The van der Waals surface area contributed by atoms with Gasteiger partial charge in [0.25, 0.3) is 0 Å². The van der Waals surface area contributed by atoms with Gasteiger partial charge in [-0.05, 0) is 31.9 Å². The molecule has 0 aliphatic carbocycles. The molecule has 2 aromatic rings. The lowest BCUT2D eigenvalue weighted by molar-refractivity contribution is 0.0524. The van der Waals surface area contributed by atoms with Crippen LogP contribution in [0, 0.1) is 0 Å². The molecule has 5 heteroatoms. The van der Waals surface area contributed by atoms with Gasteiger partial charge in [-0.1, -0.05) is 12.1 Å². The molecule has 1 aromatic carbocycles. The first-order chi connectivity index (χ1) is 10.7. The molecule has 0 fully saturated rings. The Kier molecular flexibility index (Phi) is 5.72. The zero-order chi connectivity index (χ0) is 15.9. The second kappa shape index (κ2) is 7.75. The summed E-state index contributed by atoms with van der Waals surface area (Å²) in [6.45, 7) is 3.39. The Morgan fingerprint density at radius 3 is 2.73 bits per heavy atom. The number of hydrogen-bond donors (Lipinski definition) is 0. The molecule has 0 amide bonds. The Morgan fingerprint density at radius 1 is 1.23 bits per heavy atom. The van der Waals surface area contributed by atoms with Gasteiger partial charge in [0.15, 0.2) is 0 Å². The number of methoxy groups -OCH3 is 1. The molecule has 0 bridgehead atoms. The Labute approximate surface area is 129 Å². The minimum absolute atomic E-state index is 0.0901. The number of carbonyl (C=O) groups is 1. The van der Waals surface area contributed by atoms with Gasteiger partial charge in [-0.25, -0.2) is 4.79 Å². The summed E-state index contributed by atoms with van der Waals surface area (Å²) in [6, 6.07) is 7.32. The summed E-state index contributed by atoms with van der Waals surface area (Å²) in [4.78, 5) is 24.4. The van der Waals surface area contributed by atoms with Gasteiger partial charge < -0.3 is 14.0 Å². The van der Waals surface area contributed by atoms with Crippen LogP contribution in [0.25, 0.3) is 10.9 Å². The SMILES string of the molecule is CCOC(=O)c1cn(CCCCOC)c2ccccc2c1=O. The summed E-state index contributed by atoms with van der Waals surface area (Å²) in [7, 11) is 1.67. The molecule has 0 N–H and O–H groups in total. The van der Waals surface area contributed by atoms with Crippen molar-refractivity contribution in [3.05, 3.63) is 46.2 Å². The third-order valence-corrected chi connectivity index (χ3v) is 3.48. The quantitative estimate of drug-likeness (QED) is 0.583. The van der Waals surface area contributed by atoms with Gasteiger partial charge in [0.2, 0.25) is 5.43 Å². The summed E-state index contributed by atoms with van der Waals surface area (Å²) in [6.07, 6.45) is 3.43. The largest absolute Gasteiger partial charge is 0.462 e. The molecule has 0 saturated carbocycles. The van der Waals surface area contributed by atoms with Gasteiger partial charge in [-0.2, -0.15) is 0 Å². The number of aromatic nitrogens is 1. The van der Waals surface area contributed by atoms with Crippen molar-refractivity contribution in [2.45, 2.75) is 26.3 Å². The minimum atomic E-state index is -0.566. The van der Waals surface area contributed by atoms with E-state index in [1.807, 2.05) is 16.7 Å².